The third-order valence-electron chi connectivity index (χ3n) is 2.94. The van der Waals surface area contributed by atoms with Crippen LogP contribution < -0.4 is 5.32 Å². The Morgan fingerprint density at radius 1 is 1.25 bits per heavy atom. The number of nitrogens with zero attached hydrogens (tertiary/aromatic N) is 1. The van der Waals surface area contributed by atoms with Gasteiger partial charge in [-0.15, -0.1) is 0 Å². The lowest BCUT2D eigenvalue weighted by atomic mass is 10.1. The zero-order valence-electron chi connectivity index (χ0n) is 10.9. The molecule has 0 bridgehead atoms. The van der Waals surface area contributed by atoms with Gasteiger partial charge >= 0.3 is 6.18 Å². The highest BCUT2D eigenvalue weighted by atomic mass is 19.4. The number of nitrogens with one attached hydrogen (secondary N) is 1. The largest absolute Gasteiger partial charge is 0.415 e. The van der Waals surface area contributed by atoms with E-state index >= 15 is 0 Å². The van der Waals surface area contributed by atoms with E-state index in [1.54, 1.807) is 0 Å². The van der Waals surface area contributed by atoms with Crippen LogP contribution in [0.5, 0.6) is 0 Å². The Hall–Kier alpha value is -1.66. The third kappa shape index (κ3) is 3.68. The Morgan fingerprint density at radius 3 is 2.70 bits per heavy atom. The summed E-state index contributed by atoms with van der Waals surface area (Å²) in [5, 5.41) is 12.4. The van der Waals surface area contributed by atoms with Crippen molar-refractivity contribution >= 4 is 10.9 Å². The number of hydrogen-bond donors (Lipinski definition) is 2. The number of fused-ring (bicyclic) bond motifs is 1. The Labute approximate surface area is 114 Å². The fourth-order valence-electron chi connectivity index (χ4n) is 1.86. The highest BCUT2D eigenvalue weighted by Crippen LogP contribution is 2.19. The maximum Gasteiger partial charge on any atom is 0.415 e. The molecule has 0 saturated carbocycles. The molecule has 1 atom stereocenters. The first kappa shape index (κ1) is 14.7. The summed E-state index contributed by atoms with van der Waals surface area (Å²) in [6.07, 6.45) is -6.93. The molecule has 2 N–H and O–H groups in total. The van der Waals surface area contributed by atoms with E-state index in [-0.39, 0.29) is 6.54 Å². The normalized spacial score (nSPS) is 13.7. The average molecular weight is 284 g/mol. The second-order valence-corrected chi connectivity index (χ2v) is 4.67. The van der Waals surface area contributed by atoms with Crippen LogP contribution in [0.3, 0.4) is 0 Å². The number of hydrogen-bond acceptors (Lipinski definition) is 3. The fourth-order valence-corrected chi connectivity index (χ4v) is 1.86. The first-order valence-corrected chi connectivity index (χ1v) is 6.18. The van der Waals surface area contributed by atoms with E-state index in [1.165, 1.54) is 0 Å². The van der Waals surface area contributed by atoms with Crippen LogP contribution in [0, 0.1) is 6.92 Å². The van der Waals surface area contributed by atoms with Crippen LogP contribution in [0.15, 0.2) is 30.3 Å². The molecule has 1 unspecified atom stereocenters. The number of aromatic nitrogens is 1. The van der Waals surface area contributed by atoms with Crippen LogP contribution in [-0.4, -0.2) is 28.9 Å². The highest BCUT2D eigenvalue weighted by molar-refractivity contribution is 5.79. The quantitative estimate of drug-likeness (QED) is 0.907. The number of rotatable bonds is 4. The molecule has 0 aliphatic heterocycles. The van der Waals surface area contributed by atoms with Crippen molar-refractivity contribution in [1.29, 1.82) is 0 Å². The van der Waals surface area contributed by atoms with Crippen molar-refractivity contribution in [3.05, 3.63) is 41.6 Å². The zero-order chi connectivity index (χ0) is 14.8. The molecule has 1 aromatic heterocycles. The summed E-state index contributed by atoms with van der Waals surface area (Å²) in [5.41, 5.74) is 2.61. The van der Waals surface area contributed by atoms with Crippen LogP contribution in [0.1, 0.15) is 11.3 Å². The average Bonchev–Trinajstić information content (AvgIpc) is 2.37. The third-order valence-corrected chi connectivity index (χ3v) is 2.94. The van der Waals surface area contributed by atoms with Crippen LogP contribution in [0.25, 0.3) is 10.9 Å². The van der Waals surface area contributed by atoms with Crippen molar-refractivity contribution in [2.45, 2.75) is 25.7 Å². The van der Waals surface area contributed by atoms with Gasteiger partial charge in [-0.05, 0) is 30.7 Å². The van der Waals surface area contributed by atoms with E-state index in [0.717, 1.165) is 22.2 Å². The summed E-state index contributed by atoms with van der Waals surface area (Å²) in [4.78, 5) is 4.35. The van der Waals surface area contributed by atoms with Gasteiger partial charge in [-0.2, -0.15) is 13.2 Å². The SMILES string of the molecule is Cc1ccc2cc(CNCC(O)C(F)(F)F)ccc2n1. The predicted octanol–water partition coefficient (Wildman–Crippen LogP) is 2.56. The molecule has 0 aliphatic rings. The Morgan fingerprint density at radius 2 is 2.00 bits per heavy atom. The monoisotopic (exact) mass is 284 g/mol. The van der Waals surface area contributed by atoms with Crippen molar-refractivity contribution in [3.8, 4) is 0 Å². The second-order valence-electron chi connectivity index (χ2n) is 4.67. The van der Waals surface area contributed by atoms with Gasteiger partial charge in [-0.25, -0.2) is 0 Å². The fraction of sp³-hybridized carbons (Fsp3) is 0.357. The molecular formula is C14H15F3N2O. The second kappa shape index (κ2) is 5.76. The van der Waals surface area contributed by atoms with Crippen LogP contribution >= 0.6 is 0 Å². The number of pyridine rings is 1. The lowest BCUT2D eigenvalue weighted by Crippen LogP contribution is -2.38. The smallest absolute Gasteiger partial charge is 0.382 e. The maximum atomic E-state index is 12.1. The molecule has 108 valence electrons. The van der Waals surface area contributed by atoms with Gasteiger partial charge < -0.3 is 10.4 Å². The van der Waals surface area contributed by atoms with Crippen LogP contribution in [0.2, 0.25) is 0 Å². The predicted molar refractivity (Wildman–Crippen MR) is 70.2 cm³/mol. The lowest BCUT2D eigenvalue weighted by molar-refractivity contribution is -0.201. The van der Waals surface area contributed by atoms with E-state index in [9.17, 15) is 13.2 Å². The first-order valence-electron chi connectivity index (χ1n) is 6.18. The molecule has 2 rings (SSSR count). The van der Waals surface area contributed by atoms with Gasteiger partial charge in [0.05, 0.1) is 5.52 Å². The van der Waals surface area contributed by atoms with Crippen molar-refractivity contribution in [2.24, 2.45) is 0 Å². The standard InChI is InChI=1S/C14H15F3N2O/c1-9-2-4-11-6-10(3-5-12(11)19-9)7-18-8-13(20)14(15,16)17/h2-6,13,18,20H,7-8H2,1H3. The van der Waals surface area contributed by atoms with Gasteiger partial charge in [0, 0.05) is 24.2 Å². The van der Waals surface area contributed by atoms with Gasteiger partial charge in [0.1, 0.15) is 0 Å². The summed E-state index contributed by atoms with van der Waals surface area (Å²) in [6.45, 7) is 1.64. The minimum Gasteiger partial charge on any atom is -0.382 e. The van der Waals surface area contributed by atoms with Gasteiger partial charge in [-0.1, -0.05) is 12.1 Å². The van der Waals surface area contributed by atoms with Crippen molar-refractivity contribution < 1.29 is 18.3 Å². The summed E-state index contributed by atoms with van der Waals surface area (Å²) >= 11 is 0. The summed E-state index contributed by atoms with van der Waals surface area (Å²) in [7, 11) is 0. The van der Waals surface area contributed by atoms with Gasteiger partial charge in [0.15, 0.2) is 6.10 Å². The number of aliphatic hydroxyl groups is 1. The molecule has 6 heteroatoms. The van der Waals surface area contributed by atoms with E-state index in [4.69, 9.17) is 5.11 Å². The number of alkyl halides is 3. The minimum absolute atomic E-state index is 0.261. The van der Waals surface area contributed by atoms with Gasteiger partial charge in [0.25, 0.3) is 0 Å². The van der Waals surface area contributed by atoms with Crippen LogP contribution in [0.4, 0.5) is 13.2 Å². The Kier molecular flexibility index (Phi) is 4.25. The maximum absolute atomic E-state index is 12.1. The molecule has 0 amide bonds. The Bertz CT molecular complexity index is 598. The van der Waals surface area contributed by atoms with Crippen LogP contribution in [-0.2, 0) is 6.54 Å². The number of benzene rings is 1. The Balaban J connectivity index is 1.99. The van der Waals surface area contributed by atoms with E-state index < -0.39 is 18.8 Å². The summed E-state index contributed by atoms with van der Waals surface area (Å²) in [6, 6.07) is 9.31. The van der Waals surface area contributed by atoms with E-state index in [1.807, 2.05) is 37.3 Å². The summed E-state index contributed by atoms with van der Waals surface area (Å²) in [5.74, 6) is 0. The molecule has 0 fully saturated rings. The number of aryl methyl sites for hydroxylation is 1. The number of aliphatic hydroxyl groups excluding tert-OH is 1. The van der Waals surface area contributed by atoms with Gasteiger partial charge in [-0.3, -0.25) is 4.98 Å². The first-order chi connectivity index (χ1) is 9.36. The zero-order valence-corrected chi connectivity index (χ0v) is 10.9. The number of halogens is 3. The highest BCUT2D eigenvalue weighted by Gasteiger charge is 2.37. The molecule has 1 aromatic carbocycles. The van der Waals surface area contributed by atoms with E-state index in [0.29, 0.717) is 0 Å². The molecular weight excluding hydrogens is 269 g/mol. The van der Waals surface area contributed by atoms with E-state index in [2.05, 4.69) is 10.3 Å². The molecule has 0 spiro atoms. The molecule has 0 radical (unpaired) electrons. The minimum atomic E-state index is -4.59. The lowest BCUT2D eigenvalue weighted by Gasteiger charge is -2.15. The van der Waals surface area contributed by atoms with Crippen molar-refractivity contribution in [2.75, 3.05) is 6.54 Å². The summed E-state index contributed by atoms with van der Waals surface area (Å²) < 4.78 is 36.4. The topological polar surface area (TPSA) is 45.1 Å². The van der Waals surface area contributed by atoms with Crippen molar-refractivity contribution in [3.63, 3.8) is 0 Å². The van der Waals surface area contributed by atoms with Gasteiger partial charge in [0.2, 0.25) is 0 Å². The molecule has 0 aliphatic carbocycles. The molecule has 20 heavy (non-hydrogen) atoms. The molecule has 3 nitrogen and oxygen atoms in total. The molecule has 2 aromatic rings. The van der Waals surface area contributed by atoms with Crippen molar-refractivity contribution in [1.82, 2.24) is 10.3 Å². The molecule has 0 saturated heterocycles. The molecule has 1 heterocycles.